The van der Waals surface area contributed by atoms with Gasteiger partial charge in [-0.3, -0.25) is 4.79 Å². The van der Waals surface area contributed by atoms with Gasteiger partial charge in [-0.15, -0.1) is 11.3 Å². The fourth-order valence-electron chi connectivity index (χ4n) is 1.67. The van der Waals surface area contributed by atoms with Crippen LogP contribution in [0.2, 0.25) is 0 Å². The van der Waals surface area contributed by atoms with Gasteiger partial charge in [0, 0.05) is 10.9 Å². The molecule has 0 aliphatic carbocycles. The summed E-state index contributed by atoms with van der Waals surface area (Å²) in [6.07, 6.45) is 1.02. The van der Waals surface area contributed by atoms with Crippen LogP contribution >= 0.6 is 11.3 Å². The smallest absolute Gasteiger partial charge is 0.349 e. The van der Waals surface area contributed by atoms with Crippen molar-refractivity contribution < 1.29 is 19.4 Å². The lowest BCUT2D eigenvalue weighted by Crippen LogP contribution is -2.40. The average Bonchev–Trinajstić information content (AvgIpc) is 2.71. The standard InChI is InChI=1S/C14H21NO4S/c1-5-6-10-7-11(12(20-10)14(17)18)19-9(4)13(16)15-8(2)3/h7-9H,5-6H2,1-4H3,(H,15,16)(H,17,18). The maximum absolute atomic E-state index is 11.8. The Morgan fingerprint density at radius 1 is 1.40 bits per heavy atom. The lowest BCUT2D eigenvalue weighted by molar-refractivity contribution is -0.127. The zero-order valence-electron chi connectivity index (χ0n) is 12.2. The van der Waals surface area contributed by atoms with Crippen molar-refractivity contribution in [3.8, 4) is 5.75 Å². The minimum atomic E-state index is -1.02. The molecule has 0 radical (unpaired) electrons. The first-order chi connectivity index (χ1) is 9.35. The van der Waals surface area contributed by atoms with E-state index in [2.05, 4.69) is 5.32 Å². The summed E-state index contributed by atoms with van der Waals surface area (Å²) in [6, 6.07) is 1.74. The summed E-state index contributed by atoms with van der Waals surface area (Å²) in [4.78, 5) is 24.1. The van der Waals surface area contributed by atoms with Crippen molar-refractivity contribution in [1.29, 1.82) is 0 Å². The number of carbonyl (C=O) groups excluding carboxylic acids is 1. The molecule has 0 bridgehead atoms. The third-order valence-corrected chi connectivity index (χ3v) is 3.71. The summed E-state index contributed by atoms with van der Waals surface area (Å²) in [5.41, 5.74) is 0. The fraction of sp³-hybridized carbons (Fsp3) is 0.571. The van der Waals surface area contributed by atoms with Crippen LogP contribution in [-0.2, 0) is 11.2 Å². The van der Waals surface area contributed by atoms with E-state index in [1.165, 1.54) is 11.3 Å². The van der Waals surface area contributed by atoms with E-state index in [4.69, 9.17) is 4.74 Å². The molecule has 0 saturated heterocycles. The van der Waals surface area contributed by atoms with E-state index in [0.29, 0.717) is 0 Å². The summed E-state index contributed by atoms with van der Waals surface area (Å²) in [7, 11) is 0. The van der Waals surface area contributed by atoms with Gasteiger partial charge in [-0.1, -0.05) is 13.3 Å². The molecule has 0 saturated carbocycles. The Morgan fingerprint density at radius 2 is 2.05 bits per heavy atom. The summed E-state index contributed by atoms with van der Waals surface area (Å²) in [5.74, 6) is -0.999. The number of hydrogen-bond donors (Lipinski definition) is 2. The van der Waals surface area contributed by atoms with Crippen molar-refractivity contribution >= 4 is 23.2 Å². The van der Waals surface area contributed by atoms with Gasteiger partial charge in [-0.25, -0.2) is 4.79 Å². The van der Waals surface area contributed by atoms with Crippen LogP contribution in [0.25, 0.3) is 0 Å². The molecule has 2 N–H and O–H groups in total. The lowest BCUT2D eigenvalue weighted by atomic mass is 10.2. The highest BCUT2D eigenvalue weighted by Gasteiger charge is 2.22. The van der Waals surface area contributed by atoms with E-state index in [1.54, 1.807) is 13.0 Å². The van der Waals surface area contributed by atoms with Crippen molar-refractivity contribution in [2.24, 2.45) is 0 Å². The van der Waals surface area contributed by atoms with Crippen molar-refractivity contribution in [2.75, 3.05) is 0 Å². The number of amides is 1. The van der Waals surface area contributed by atoms with Gasteiger partial charge in [0.15, 0.2) is 11.0 Å². The number of ether oxygens (including phenoxy) is 1. The SMILES string of the molecule is CCCc1cc(OC(C)C(=O)NC(C)C)c(C(=O)O)s1. The number of rotatable bonds is 7. The van der Waals surface area contributed by atoms with E-state index >= 15 is 0 Å². The minimum absolute atomic E-state index is 0.0191. The van der Waals surface area contributed by atoms with Gasteiger partial charge in [-0.2, -0.15) is 0 Å². The predicted octanol–water partition coefficient (Wildman–Crippen LogP) is 2.69. The van der Waals surface area contributed by atoms with Crippen molar-refractivity contribution in [2.45, 2.75) is 52.7 Å². The molecule has 6 heteroatoms. The van der Waals surface area contributed by atoms with Crippen LogP contribution in [-0.4, -0.2) is 29.1 Å². The molecular weight excluding hydrogens is 278 g/mol. The molecule has 1 atom stereocenters. The van der Waals surface area contributed by atoms with Gasteiger partial charge in [0.05, 0.1) is 0 Å². The summed E-state index contributed by atoms with van der Waals surface area (Å²) in [5, 5.41) is 11.9. The van der Waals surface area contributed by atoms with Gasteiger partial charge >= 0.3 is 5.97 Å². The van der Waals surface area contributed by atoms with Gasteiger partial charge in [0.1, 0.15) is 5.75 Å². The molecule has 1 aromatic rings. The number of nitrogens with one attached hydrogen (secondary N) is 1. The Labute approximate surface area is 123 Å². The maximum Gasteiger partial charge on any atom is 0.349 e. The van der Waals surface area contributed by atoms with Gasteiger partial charge in [0.25, 0.3) is 5.91 Å². The van der Waals surface area contributed by atoms with Gasteiger partial charge in [-0.05, 0) is 33.3 Å². The number of carbonyl (C=O) groups is 2. The van der Waals surface area contributed by atoms with Crippen LogP contribution in [0.4, 0.5) is 0 Å². The van der Waals surface area contributed by atoms with E-state index in [-0.39, 0.29) is 22.6 Å². The third kappa shape index (κ3) is 4.52. The molecule has 1 unspecified atom stereocenters. The number of aromatic carboxylic acids is 1. The molecule has 112 valence electrons. The normalized spacial score (nSPS) is 12.2. The molecule has 0 aliphatic heterocycles. The molecule has 0 spiro atoms. The molecule has 0 fully saturated rings. The quantitative estimate of drug-likeness (QED) is 0.811. The second-order valence-electron chi connectivity index (χ2n) is 4.88. The molecule has 0 aromatic carbocycles. The molecular formula is C14H21NO4S. The third-order valence-electron chi connectivity index (χ3n) is 2.54. The molecule has 0 aliphatic rings. The first-order valence-electron chi connectivity index (χ1n) is 6.68. The zero-order chi connectivity index (χ0) is 15.3. The molecule has 1 amide bonds. The summed E-state index contributed by atoms with van der Waals surface area (Å²) < 4.78 is 5.51. The summed E-state index contributed by atoms with van der Waals surface area (Å²) >= 11 is 1.20. The highest BCUT2D eigenvalue weighted by molar-refractivity contribution is 7.14. The maximum atomic E-state index is 11.8. The molecule has 20 heavy (non-hydrogen) atoms. The number of carboxylic acids is 1. The average molecular weight is 299 g/mol. The minimum Gasteiger partial charge on any atom is -0.479 e. The van der Waals surface area contributed by atoms with E-state index in [0.717, 1.165) is 17.7 Å². The van der Waals surface area contributed by atoms with Crippen LogP contribution in [0, 0.1) is 0 Å². The van der Waals surface area contributed by atoms with Crippen LogP contribution in [0.1, 0.15) is 48.7 Å². The van der Waals surface area contributed by atoms with Crippen LogP contribution in [0.15, 0.2) is 6.07 Å². The second kappa shape index (κ2) is 7.28. The second-order valence-corrected chi connectivity index (χ2v) is 6.02. The first kappa shape index (κ1) is 16.5. The van der Waals surface area contributed by atoms with E-state index in [1.807, 2.05) is 20.8 Å². The van der Waals surface area contributed by atoms with Crippen molar-refractivity contribution in [3.63, 3.8) is 0 Å². The zero-order valence-corrected chi connectivity index (χ0v) is 13.0. The number of hydrogen-bond acceptors (Lipinski definition) is 4. The fourth-order valence-corrected chi connectivity index (χ4v) is 2.70. The Morgan fingerprint density at radius 3 is 2.55 bits per heavy atom. The van der Waals surface area contributed by atoms with Gasteiger partial charge in [0.2, 0.25) is 0 Å². The van der Waals surface area contributed by atoms with E-state index < -0.39 is 12.1 Å². The molecule has 5 nitrogen and oxygen atoms in total. The highest BCUT2D eigenvalue weighted by Crippen LogP contribution is 2.31. The van der Waals surface area contributed by atoms with Gasteiger partial charge < -0.3 is 15.2 Å². The van der Waals surface area contributed by atoms with Crippen LogP contribution in [0.5, 0.6) is 5.75 Å². The van der Waals surface area contributed by atoms with Crippen LogP contribution < -0.4 is 10.1 Å². The summed E-state index contributed by atoms with van der Waals surface area (Å²) in [6.45, 7) is 7.36. The molecule has 1 rings (SSSR count). The van der Waals surface area contributed by atoms with Crippen molar-refractivity contribution in [1.82, 2.24) is 5.32 Å². The largest absolute Gasteiger partial charge is 0.479 e. The number of carboxylic acid groups (broad SMARTS) is 1. The first-order valence-corrected chi connectivity index (χ1v) is 7.49. The Kier molecular flexibility index (Phi) is 6.01. The highest BCUT2D eigenvalue weighted by atomic mass is 32.1. The number of thiophene rings is 1. The van der Waals surface area contributed by atoms with Crippen molar-refractivity contribution in [3.05, 3.63) is 15.8 Å². The van der Waals surface area contributed by atoms with Crippen LogP contribution in [0.3, 0.4) is 0 Å². The Hall–Kier alpha value is -1.56. The molecule has 1 aromatic heterocycles. The van der Waals surface area contributed by atoms with E-state index in [9.17, 15) is 14.7 Å². The number of aryl methyl sites for hydroxylation is 1. The Bertz CT molecular complexity index is 482. The lowest BCUT2D eigenvalue weighted by Gasteiger charge is -2.16. The molecule has 1 heterocycles. The predicted molar refractivity (Wildman–Crippen MR) is 78.6 cm³/mol. The topological polar surface area (TPSA) is 75.6 Å². The monoisotopic (exact) mass is 299 g/mol. The Balaban J connectivity index is 2.84.